The molecule has 12 heteroatoms. The van der Waals surface area contributed by atoms with Crippen molar-refractivity contribution < 1.29 is 40.6 Å². The number of pyridine rings is 1. The van der Waals surface area contributed by atoms with E-state index in [9.17, 15) is 31.1 Å². The Morgan fingerprint density at radius 1 is 1.14 bits per heavy atom. The molecule has 1 heterocycles. The number of nitrogens with zero attached hydrogens (tertiary/aromatic N) is 2. The Balaban J connectivity index is 2.01. The molecule has 29 heavy (non-hydrogen) atoms. The van der Waals surface area contributed by atoms with Crippen LogP contribution >= 0.6 is 11.6 Å². The molecule has 0 fully saturated rings. The van der Waals surface area contributed by atoms with Crippen LogP contribution in [0, 0.1) is 0 Å². The molecule has 0 radical (unpaired) electrons. The highest BCUT2D eigenvalue weighted by atomic mass is 35.5. The van der Waals surface area contributed by atoms with Crippen molar-refractivity contribution in [3.8, 4) is 11.6 Å². The summed E-state index contributed by atoms with van der Waals surface area (Å²) in [6.07, 6.45) is -8.37. The maximum Gasteiger partial charge on any atom is 0.573 e. The summed E-state index contributed by atoms with van der Waals surface area (Å²) >= 11 is 5.81. The van der Waals surface area contributed by atoms with E-state index in [-0.39, 0.29) is 17.1 Å². The molecule has 2 aromatic rings. The van der Waals surface area contributed by atoms with Crippen LogP contribution in [0.25, 0.3) is 0 Å². The molecule has 5 nitrogen and oxygen atoms in total. The predicted molar refractivity (Wildman–Crippen MR) is 89.7 cm³/mol. The Bertz CT molecular complexity index is 856. The molecular formula is C17H13ClF6N2O3. The molecule has 0 aliphatic heterocycles. The number of hydrogen-bond acceptors (Lipinski definition) is 4. The monoisotopic (exact) mass is 442 g/mol. The second kappa shape index (κ2) is 8.76. The first-order valence-electron chi connectivity index (χ1n) is 7.79. The van der Waals surface area contributed by atoms with Gasteiger partial charge < -0.3 is 14.4 Å². The van der Waals surface area contributed by atoms with E-state index in [0.717, 1.165) is 24.4 Å². The van der Waals surface area contributed by atoms with Crippen LogP contribution in [0.3, 0.4) is 0 Å². The van der Waals surface area contributed by atoms with Crippen molar-refractivity contribution in [1.82, 2.24) is 9.88 Å². The van der Waals surface area contributed by atoms with E-state index in [1.165, 1.54) is 24.1 Å². The number of aromatic nitrogens is 1. The van der Waals surface area contributed by atoms with Crippen molar-refractivity contribution in [2.45, 2.75) is 19.1 Å². The smallest absolute Gasteiger partial charge is 0.467 e. The summed E-state index contributed by atoms with van der Waals surface area (Å²) in [7, 11) is 1.42. The van der Waals surface area contributed by atoms with Gasteiger partial charge in [0.25, 0.3) is 5.91 Å². The molecule has 0 saturated carbocycles. The van der Waals surface area contributed by atoms with Gasteiger partial charge in [0.1, 0.15) is 10.8 Å². The Morgan fingerprint density at radius 2 is 1.76 bits per heavy atom. The second-order valence-electron chi connectivity index (χ2n) is 5.77. The fourth-order valence-corrected chi connectivity index (χ4v) is 2.38. The maximum atomic E-state index is 12.4. The first-order chi connectivity index (χ1) is 13.3. The Morgan fingerprint density at radius 3 is 2.28 bits per heavy atom. The van der Waals surface area contributed by atoms with Crippen LogP contribution in [0.4, 0.5) is 26.3 Å². The van der Waals surface area contributed by atoms with Gasteiger partial charge in [0.05, 0.1) is 5.56 Å². The number of alkyl halides is 6. The van der Waals surface area contributed by atoms with Crippen LogP contribution in [0.5, 0.6) is 11.6 Å². The van der Waals surface area contributed by atoms with Crippen molar-refractivity contribution >= 4 is 17.5 Å². The summed E-state index contributed by atoms with van der Waals surface area (Å²) in [6.45, 7) is -1.55. The minimum Gasteiger partial charge on any atom is -0.467 e. The van der Waals surface area contributed by atoms with Gasteiger partial charge in [-0.3, -0.25) is 4.79 Å². The topological polar surface area (TPSA) is 51.7 Å². The second-order valence-corrected chi connectivity index (χ2v) is 6.17. The zero-order valence-corrected chi connectivity index (χ0v) is 15.4. The van der Waals surface area contributed by atoms with E-state index in [0.29, 0.717) is 5.56 Å². The van der Waals surface area contributed by atoms with Crippen LogP contribution in [0.1, 0.15) is 15.9 Å². The van der Waals surface area contributed by atoms with Gasteiger partial charge in [0.2, 0.25) is 5.88 Å². The van der Waals surface area contributed by atoms with Crippen LogP contribution < -0.4 is 9.47 Å². The highest BCUT2D eigenvalue weighted by Gasteiger charge is 2.31. The number of rotatable bonds is 6. The number of carbonyl (C=O) groups excluding carboxylic acids is 1. The fourth-order valence-electron chi connectivity index (χ4n) is 2.16. The summed E-state index contributed by atoms with van der Waals surface area (Å²) in [5, 5.41) is -0.276. The van der Waals surface area contributed by atoms with Crippen LogP contribution in [0.15, 0.2) is 36.5 Å². The normalized spacial score (nSPS) is 11.9. The number of hydrogen-bond donors (Lipinski definition) is 0. The third-order valence-corrected chi connectivity index (χ3v) is 3.62. The number of benzene rings is 1. The molecule has 0 bridgehead atoms. The van der Waals surface area contributed by atoms with Crippen molar-refractivity contribution in [3.05, 3.63) is 52.7 Å². The van der Waals surface area contributed by atoms with E-state index in [2.05, 4.69) is 14.5 Å². The highest BCUT2D eigenvalue weighted by molar-refractivity contribution is 6.32. The lowest BCUT2D eigenvalue weighted by atomic mass is 10.2. The van der Waals surface area contributed by atoms with E-state index >= 15 is 0 Å². The predicted octanol–water partition coefficient (Wildman–Crippen LogP) is 4.85. The fraction of sp³-hybridized carbons (Fsp3) is 0.294. The Kier molecular flexibility index (Phi) is 6.83. The van der Waals surface area contributed by atoms with Gasteiger partial charge in [0.15, 0.2) is 6.61 Å². The molecule has 0 aliphatic carbocycles. The van der Waals surface area contributed by atoms with Gasteiger partial charge >= 0.3 is 12.5 Å². The molecular weight excluding hydrogens is 430 g/mol. The van der Waals surface area contributed by atoms with Gasteiger partial charge in [-0.25, -0.2) is 4.98 Å². The molecule has 0 atom stereocenters. The van der Waals surface area contributed by atoms with Gasteiger partial charge in [-0.05, 0) is 23.8 Å². The quantitative estimate of drug-likeness (QED) is 0.600. The lowest BCUT2D eigenvalue weighted by molar-refractivity contribution is -0.274. The first kappa shape index (κ1) is 22.6. The first-order valence-corrected chi connectivity index (χ1v) is 8.17. The minimum absolute atomic E-state index is 0.00566. The third kappa shape index (κ3) is 7.33. The summed E-state index contributed by atoms with van der Waals surface area (Å²) in [6, 6.07) is 6.02. The van der Waals surface area contributed by atoms with Crippen LogP contribution in [-0.4, -0.2) is 42.0 Å². The van der Waals surface area contributed by atoms with Crippen molar-refractivity contribution in [3.63, 3.8) is 0 Å². The molecule has 2 rings (SSSR count). The molecule has 0 unspecified atom stereocenters. The molecule has 0 aliphatic rings. The molecule has 0 spiro atoms. The van der Waals surface area contributed by atoms with Crippen molar-refractivity contribution in [2.24, 2.45) is 0 Å². The zero-order chi connectivity index (χ0) is 21.8. The van der Waals surface area contributed by atoms with Gasteiger partial charge in [0, 0.05) is 19.8 Å². The lowest BCUT2D eigenvalue weighted by Crippen LogP contribution is -2.26. The van der Waals surface area contributed by atoms with Gasteiger partial charge in [-0.2, -0.15) is 13.2 Å². The van der Waals surface area contributed by atoms with E-state index in [1.54, 1.807) is 0 Å². The van der Waals surface area contributed by atoms with Crippen molar-refractivity contribution in [1.29, 1.82) is 0 Å². The summed E-state index contributed by atoms with van der Waals surface area (Å²) < 4.78 is 81.2. The standard InChI is InChI=1S/C17H13ClF6N2O3/c1-26(8-10-2-4-12(5-3-10)29-17(22,23)24)15(27)11-6-13(18)14(25-7-11)28-9-16(19,20)21/h2-7H,8-9H2,1H3. The number of halogens is 7. The molecule has 1 amide bonds. The largest absolute Gasteiger partial charge is 0.573 e. The van der Waals surface area contributed by atoms with Gasteiger partial charge in [-0.15, -0.1) is 13.2 Å². The zero-order valence-electron chi connectivity index (χ0n) is 14.6. The molecule has 0 N–H and O–H groups in total. The van der Waals surface area contributed by atoms with Crippen molar-refractivity contribution in [2.75, 3.05) is 13.7 Å². The van der Waals surface area contributed by atoms with Crippen LogP contribution in [0.2, 0.25) is 5.02 Å². The van der Waals surface area contributed by atoms with Crippen LogP contribution in [-0.2, 0) is 6.54 Å². The summed E-state index contributed by atoms with van der Waals surface area (Å²) in [4.78, 5) is 17.3. The lowest BCUT2D eigenvalue weighted by Gasteiger charge is -2.18. The SMILES string of the molecule is CN(Cc1ccc(OC(F)(F)F)cc1)C(=O)c1cnc(OCC(F)(F)F)c(Cl)c1. The average Bonchev–Trinajstić information content (AvgIpc) is 2.59. The number of carbonyl (C=O) groups is 1. The van der Waals surface area contributed by atoms with E-state index in [1.807, 2.05) is 0 Å². The summed E-state index contributed by atoms with van der Waals surface area (Å²) in [5.74, 6) is -1.43. The molecule has 1 aromatic carbocycles. The number of ether oxygens (including phenoxy) is 2. The summed E-state index contributed by atoms with van der Waals surface area (Å²) in [5.41, 5.74) is 0.508. The average molecular weight is 443 g/mol. The molecule has 1 aromatic heterocycles. The van der Waals surface area contributed by atoms with Gasteiger partial charge in [-0.1, -0.05) is 23.7 Å². The Hall–Kier alpha value is -2.69. The maximum absolute atomic E-state index is 12.4. The minimum atomic E-state index is -4.81. The van der Waals surface area contributed by atoms with E-state index < -0.39 is 36.7 Å². The molecule has 0 saturated heterocycles. The molecule has 158 valence electrons. The Labute approximate surface area is 165 Å². The highest BCUT2D eigenvalue weighted by Crippen LogP contribution is 2.26. The van der Waals surface area contributed by atoms with E-state index in [4.69, 9.17) is 11.6 Å². The number of amides is 1. The third-order valence-electron chi connectivity index (χ3n) is 3.35.